The van der Waals surface area contributed by atoms with Gasteiger partial charge in [-0.3, -0.25) is 0 Å². The molecule has 1 fully saturated rings. The SMILES string of the molecule is CCCNC1CCCC1c1cccc(C)c1. The second-order valence-corrected chi connectivity index (χ2v) is 5.01. The summed E-state index contributed by atoms with van der Waals surface area (Å²) in [5, 5.41) is 3.70. The van der Waals surface area contributed by atoms with Gasteiger partial charge in [0, 0.05) is 6.04 Å². The highest BCUT2D eigenvalue weighted by molar-refractivity contribution is 5.27. The number of hydrogen-bond acceptors (Lipinski definition) is 1. The molecule has 0 aliphatic heterocycles. The predicted octanol–water partition coefficient (Wildman–Crippen LogP) is 3.63. The molecule has 0 radical (unpaired) electrons. The van der Waals surface area contributed by atoms with Crippen molar-refractivity contribution < 1.29 is 0 Å². The van der Waals surface area contributed by atoms with Crippen LogP contribution in [0.2, 0.25) is 0 Å². The zero-order valence-electron chi connectivity index (χ0n) is 10.5. The molecule has 1 N–H and O–H groups in total. The van der Waals surface area contributed by atoms with Crippen molar-refractivity contribution >= 4 is 0 Å². The predicted molar refractivity (Wildman–Crippen MR) is 69.9 cm³/mol. The van der Waals surface area contributed by atoms with Crippen LogP contribution in [0.4, 0.5) is 0 Å². The Morgan fingerprint density at radius 2 is 2.19 bits per heavy atom. The summed E-state index contributed by atoms with van der Waals surface area (Å²) in [6, 6.07) is 9.74. The van der Waals surface area contributed by atoms with Crippen LogP contribution in [-0.2, 0) is 0 Å². The van der Waals surface area contributed by atoms with Crippen LogP contribution in [0, 0.1) is 6.92 Å². The van der Waals surface area contributed by atoms with Gasteiger partial charge in [-0.25, -0.2) is 0 Å². The third-order valence-corrected chi connectivity index (χ3v) is 3.64. The lowest BCUT2D eigenvalue weighted by Gasteiger charge is -2.21. The second kappa shape index (κ2) is 5.49. The number of aryl methyl sites for hydroxylation is 1. The quantitative estimate of drug-likeness (QED) is 0.812. The van der Waals surface area contributed by atoms with Gasteiger partial charge in [0.25, 0.3) is 0 Å². The Morgan fingerprint density at radius 3 is 2.94 bits per heavy atom. The molecule has 88 valence electrons. The van der Waals surface area contributed by atoms with E-state index in [1.54, 1.807) is 0 Å². The van der Waals surface area contributed by atoms with Gasteiger partial charge >= 0.3 is 0 Å². The third-order valence-electron chi connectivity index (χ3n) is 3.64. The fourth-order valence-electron chi connectivity index (χ4n) is 2.83. The summed E-state index contributed by atoms with van der Waals surface area (Å²) < 4.78 is 0. The minimum Gasteiger partial charge on any atom is -0.313 e. The summed E-state index contributed by atoms with van der Waals surface area (Å²) >= 11 is 0. The molecule has 1 aliphatic rings. The third kappa shape index (κ3) is 2.65. The molecule has 1 heteroatoms. The molecular weight excluding hydrogens is 194 g/mol. The molecule has 2 atom stereocenters. The largest absolute Gasteiger partial charge is 0.313 e. The Labute approximate surface area is 99.3 Å². The van der Waals surface area contributed by atoms with E-state index in [0.717, 1.165) is 12.5 Å². The minimum absolute atomic E-state index is 0.710. The molecule has 1 nitrogen and oxygen atoms in total. The Morgan fingerprint density at radius 1 is 1.31 bits per heavy atom. The lowest BCUT2D eigenvalue weighted by atomic mass is 9.93. The van der Waals surface area contributed by atoms with Gasteiger partial charge in [-0.15, -0.1) is 0 Å². The maximum atomic E-state index is 3.70. The van der Waals surface area contributed by atoms with E-state index in [1.165, 1.54) is 36.8 Å². The van der Waals surface area contributed by atoms with Crippen LogP contribution < -0.4 is 5.32 Å². The van der Waals surface area contributed by atoms with Gasteiger partial charge in [-0.1, -0.05) is 43.2 Å². The zero-order chi connectivity index (χ0) is 11.4. The van der Waals surface area contributed by atoms with E-state index in [2.05, 4.69) is 43.4 Å². The van der Waals surface area contributed by atoms with Crippen LogP contribution >= 0.6 is 0 Å². The molecule has 0 aromatic heterocycles. The first-order chi connectivity index (χ1) is 7.81. The monoisotopic (exact) mass is 217 g/mol. The maximum absolute atomic E-state index is 3.70. The first kappa shape index (κ1) is 11.7. The van der Waals surface area contributed by atoms with Gasteiger partial charge in [0.05, 0.1) is 0 Å². The van der Waals surface area contributed by atoms with Gasteiger partial charge in [0.1, 0.15) is 0 Å². The van der Waals surface area contributed by atoms with Crippen LogP contribution in [0.25, 0.3) is 0 Å². The fourth-order valence-corrected chi connectivity index (χ4v) is 2.83. The van der Waals surface area contributed by atoms with Gasteiger partial charge in [-0.05, 0) is 44.2 Å². The Kier molecular flexibility index (Phi) is 4.00. The summed E-state index contributed by atoms with van der Waals surface area (Å²) in [5.41, 5.74) is 2.92. The average molecular weight is 217 g/mol. The summed E-state index contributed by atoms with van der Waals surface area (Å²) in [7, 11) is 0. The average Bonchev–Trinajstić information content (AvgIpc) is 2.74. The lowest BCUT2D eigenvalue weighted by Crippen LogP contribution is -2.31. The molecule has 0 amide bonds. The van der Waals surface area contributed by atoms with Crippen LogP contribution in [-0.4, -0.2) is 12.6 Å². The van der Waals surface area contributed by atoms with Crippen molar-refractivity contribution in [3.8, 4) is 0 Å². The van der Waals surface area contributed by atoms with Gasteiger partial charge < -0.3 is 5.32 Å². The molecule has 1 aromatic rings. The first-order valence-corrected chi connectivity index (χ1v) is 6.61. The molecule has 16 heavy (non-hydrogen) atoms. The van der Waals surface area contributed by atoms with Crippen molar-refractivity contribution in [2.45, 2.75) is 51.5 Å². The highest BCUT2D eigenvalue weighted by Gasteiger charge is 2.27. The van der Waals surface area contributed by atoms with Crippen LogP contribution in [0.15, 0.2) is 24.3 Å². The van der Waals surface area contributed by atoms with Crippen LogP contribution in [0.1, 0.15) is 49.7 Å². The molecule has 1 aromatic carbocycles. The molecule has 0 spiro atoms. The molecule has 2 rings (SSSR count). The van der Waals surface area contributed by atoms with Crippen molar-refractivity contribution in [2.75, 3.05) is 6.54 Å². The molecule has 0 saturated heterocycles. The summed E-state index contributed by atoms with van der Waals surface area (Å²) in [6.45, 7) is 5.59. The van der Waals surface area contributed by atoms with Crippen molar-refractivity contribution in [2.24, 2.45) is 0 Å². The smallest absolute Gasteiger partial charge is 0.0136 e. The Hall–Kier alpha value is -0.820. The van der Waals surface area contributed by atoms with E-state index < -0.39 is 0 Å². The number of benzene rings is 1. The van der Waals surface area contributed by atoms with Gasteiger partial charge in [0.15, 0.2) is 0 Å². The maximum Gasteiger partial charge on any atom is 0.0136 e. The summed E-state index contributed by atoms with van der Waals surface area (Å²) in [4.78, 5) is 0. The van der Waals surface area contributed by atoms with Crippen molar-refractivity contribution in [3.05, 3.63) is 35.4 Å². The molecular formula is C15H23N. The zero-order valence-corrected chi connectivity index (χ0v) is 10.5. The van der Waals surface area contributed by atoms with Crippen LogP contribution in [0.3, 0.4) is 0 Å². The van der Waals surface area contributed by atoms with E-state index in [-0.39, 0.29) is 0 Å². The van der Waals surface area contributed by atoms with Gasteiger partial charge in [-0.2, -0.15) is 0 Å². The normalized spacial score (nSPS) is 24.9. The molecule has 1 saturated carbocycles. The van der Waals surface area contributed by atoms with Crippen LogP contribution in [0.5, 0.6) is 0 Å². The van der Waals surface area contributed by atoms with Gasteiger partial charge in [0.2, 0.25) is 0 Å². The Balaban J connectivity index is 2.07. The Bertz CT molecular complexity index is 332. The van der Waals surface area contributed by atoms with E-state index in [1.807, 2.05) is 0 Å². The standard InChI is InChI=1S/C15H23N/c1-3-10-16-15-9-5-8-14(15)13-7-4-6-12(2)11-13/h4,6-7,11,14-16H,3,5,8-10H2,1-2H3. The highest BCUT2D eigenvalue weighted by atomic mass is 14.9. The van der Waals surface area contributed by atoms with E-state index >= 15 is 0 Å². The van der Waals surface area contributed by atoms with E-state index in [9.17, 15) is 0 Å². The minimum atomic E-state index is 0.710. The second-order valence-electron chi connectivity index (χ2n) is 5.01. The topological polar surface area (TPSA) is 12.0 Å². The van der Waals surface area contributed by atoms with E-state index in [4.69, 9.17) is 0 Å². The van der Waals surface area contributed by atoms with Crippen molar-refractivity contribution in [1.29, 1.82) is 0 Å². The molecule has 2 unspecified atom stereocenters. The lowest BCUT2D eigenvalue weighted by molar-refractivity contribution is 0.479. The number of rotatable bonds is 4. The number of hydrogen-bond donors (Lipinski definition) is 1. The number of nitrogens with one attached hydrogen (secondary N) is 1. The highest BCUT2D eigenvalue weighted by Crippen LogP contribution is 2.34. The summed E-state index contributed by atoms with van der Waals surface area (Å²) in [6.07, 6.45) is 5.31. The molecule has 0 heterocycles. The molecule has 0 bridgehead atoms. The fraction of sp³-hybridized carbons (Fsp3) is 0.600. The van der Waals surface area contributed by atoms with E-state index in [0.29, 0.717) is 6.04 Å². The van der Waals surface area contributed by atoms with Crippen molar-refractivity contribution in [1.82, 2.24) is 5.32 Å². The van der Waals surface area contributed by atoms with Crippen molar-refractivity contribution in [3.63, 3.8) is 0 Å². The summed E-state index contributed by atoms with van der Waals surface area (Å²) in [5.74, 6) is 0.742. The first-order valence-electron chi connectivity index (χ1n) is 6.61. The molecule has 1 aliphatic carbocycles.